The summed E-state index contributed by atoms with van der Waals surface area (Å²) < 4.78 is 6.05. The van der Waals surface area contributed by atoms with Crippen LogP contribution in [0.5, 0.6) is 11.6 Å². The van der Waals surface area contributed by atoms with E-state index in [4.69, 9.17) is 4.74 Å². The molecule has 3 rings (SSSR count). The summed E-state index contributed by atoms with van der Waals surface area (Å²) in [5, 5.41) is 19.1. The lowest BCUT2D eigenvalue weighted by molar-refractivity contribution is 0.415. The number of H-pyrrole nitrogens is 1. The Kier molecular flexibility index (Phi) is 3.62. The molecule has 2 N–H and O–H groups in total. The van der Waals surface area contributed by atoms with E-state index in [1.54, 1.807) is 13.2 Å². The van der Waals surface area contributed by atoms with E-state index in [1.807, 2.05) is 36.4 Å². The van der Waals surface area contributed by atoms with Gasteiger partial charge in [0.2, 0.25) is 5.88 Å². The number of ether oxygens (including phenoxy) is 1. The van der Waals surface area contributed by atoms with Crippen LogP contribution in [0, 0.1) is 0 Å². The van der Waals surface area contributed by atoms with Crippen LogP contribution in [0.25, 0.3) is 10.9 Å². The number of aromatic hydroxyl groups is 1. The first-order valence-electron chi connectivity index (χ1n) is 6.23. The number of hydrogen-bond acceptors (Lipinski definition) is 4. The average molecular weight is 346 g/mol. The van der Waals surface area contributed by atoms with Crippen LogP contribution in [-0.2, 0) is 0 Å². The first-order chi connectivity index (χ1) is 10.2. The molecule has 0 aliphatic heterocycles. The maximum absolute atomic E-state index is 9.95. The highest BCUT2D eigenvalue weighted by Crippen LogP contribution is 2.37. The third kappa shape index (κ3) is 2.75. The van der Waals surface area contributed by atoms with Gasteiger partial charge in [0.25, 0.3) is 0 Å². The van der Waals surface area contributed by atoms with Crippen LogP contribution in [0.3, 0.4) is 0 Å². The predicted molar refractivity (Wildman–Crippen MR) is 84.8 cm³/mol. The molecule has 106 valence electrons. The highest BCUT2D eigenvalue weighted by Gasteiger charge is 2.10. The summed E-state index contributed by atoms with van der Waals surface area (Å²) >= 11 is 3.41. The number of aromatic nitrogens is 1. The summed E-state index contributed by atoms with van der Waals surface area (Å²) in [5.41, 5.74) is 1.86. The van der Waals surface area contributed by atoms with Gasteiger partial charge in [-0.1, -0.05) is 22.0 Å². The molecule has 0 fully saturated rings. The van der Waals surface area contributed by atoms with Crippen molar-refractivity contribution >= 4 is 38.2 Å². The Morgan fingerprint density at radius 1 is 1.14 bits per heavy atom. The van der Waals surface area contributed by atoms with Gasteiger partial charge >= 0.3 is 0 Å². The fourth-order valence-corrected chi connectivity index (χ4v) is 2.38. The highest BCUT2D eigenvalue weighted by molar-refractivity contribution is 9.10. The smallest absolute Gasteiger partial charge is 0.218 e. The molecule has 0 unspecified atom stereocenters. The van der Waals surface area contributed by atoms with E-state index in [0.717, 1.165) is 15.4 Å². The zero-order valence-electron chi connectivity index (χ0n) is 11.2. The fraction of sp³-hybridized carbons (Fsp3) is 0.0667. The lowest BCUT2D eigenvalue weighted by Crippen LogP contribution is -1.79. The van der Waals surface area contributed by atoms with Gasteiger partial charge in [-0.2, -0.15) is 5.11 Å². The van der Waals surface area contributed by atoms with Crippen molar-refractivity contribution in [1.29, 1.82) is 0 Å². The Morgan fingerprint density at radius 3 is 2.81 bits per heavy atom. The first-order valence-corrected chi connectivity index (χ1v) is 7.02. The summed E-state index contributed by atoms with van der Waals surface area (Å²) in [7, 11) is 1.60. The number of rotatable bonds is 3. The van der Waals surface area contributed by atoms with Crippen molar-refractivity contribution < 1.29 is 9.84 Å². The molecular formula is C15H12BrN3O2. The second-order valence-corrected chi connectivity index (χ2v) is 5.33. The molecule has 1 heterocycles. The predicted octanol–water partition coefficient (Wildman–Crippen LogP) is 5.06. The van der Waals surface area contributed by atoms with Crippen molar-refractivity contribution in [2.24, 2.45) is 10.2 Å². The van der Waals surface area contributed by atoms with E-state index in [-0.39, 0.29) is 5.88 Å². The van der Waals surface area contributed by atoms with E-state index >= 15 is 0 Å². The molecule has 0 bridgehead atoms. The molecule has 1 aromatic heterocycles. The quantitative estimate of drug-likeness (QED) is 0.651. The normalized spacial score (nSPS) is 11.3. The average Bonchev–Trinajstić information content (AvgIpc) is 2.80. The number of benzene rings is 2. The largest absolute Gasteiger partial charge is 0.497 e. The Hall–Kier alpha value is -2.34. The van der Waals surface area contributed by atoms with Crippen molar-refractivity contribution in [2.45, 2.75) is 0 Å². The SMILES string of the molecule is COc1cccc(N=Nc2c(O)[nH]c3ccc(Br)cc23)c1. The van der Waals surface area contributed by atoms with Crippen LogP contribution in [0.4, 0.5) is 11.4 Å². The van der Waals surface area contributed by atoms with Gasteiger partial charge in [0, 0.05) is 15.9 Å². The number of halogens is 1. The van der Waals surface area contributed by atoms with Crippen LogP contribution in [0.15, 0.2) is 57.2 Å². The van der Waals surface area contributed by atoms with Crippen LogP contribution < -0.4 is 4.74 Å². The minimum absolute atomic E-state index is 0.00486. The zero-order valence-corrected chi connectivity index (χ0v) is 12.8. The summed E-state index contributed by atoms with van der Waals surface area (Å²) in [6, 6.07) is 12.9. The number of aromatic amines is 1. The lowest BCUT2D eigenvalue weighted by atomic mass is 10.2. The van der Waals surface area contributed by atoms with E-state index in [0.29, 0.717) is 17.1 Å². The van der Waals surface area contributed by atoms with Crippen molar-refractivity contribution in [3.8, 4) is 11.6 Å². The van der Waals surface area contributed by atoms with Gasteiger partial charge in [0.05, 0.1) is 18.3 Å². The maximum atomic E-state index is 9.95. The van der Waals surface area contributed by atoms with Crippen LogP contribution in [-0.4, -0.2) is 17.2 Å². The minimum atomic E-state index is -0.00486. The molecule has 0 radical (unpaired) electrons. The molecule has 0 saturated carbocycles. The van der Waals surface area contributed by atoms with E-state index in [2.05, 4.69) is 31.1 Å². The molecule has 2 aromatic carbocycles. The molecule has 21 heavy (non-hydrogen) atoms. The molecule has 0 amide bonds. The third-order valence-corrected chi connectivity index (χ3v) is 3.53. The summed E-state index contributed by atoms with van der Waals surface area (Å²) in [6.07, 6.45) is 0. The number of fused-ring (bicyclic) bond motifs is 1. The molecule has 0 spiro atoms. The van der Waals surface area contributed by atoms with Crippen LogP contribution >= 0.6 is 15.9 Å². The van der Waals surface area contributed by atoms with Crippen molar-refractivity contribution in [3.63, 3.8) is 0 Å². The second kappa shape index (κ2) is 5.57. The van der Waals surface area contributed by atoms with Gasteiger partial charge in [-0.05, 0) is 30.3 Å². The van der Waals surface area contributed by atoms with Gasteiger partial charge in [-0.15, -0.1) is 5.11 Å². The van der Waals surface area contributed by atoms with Gasteiger partial charge in [0.1, 0.15) is 5.75 Å². The molecule has 0 saturated heterocycles. The maximum Gasteiger partial charge on any atom is 0.218 e. The molecule has 0 aliphatic carbocycles. The van der Waals surface area contributed by atoms with E-state index in [9.17, 15) is 5.11 Å². The Labute approximate surface area is 129 Å². The number of hydrogen-bond donors (Lipinski definition) is 2. The third-order valence-electron chi connectivity index (χ3n) is 3.03. The number of nitrogens with zero attached hydrogens (tertiary/aromatic N) is 2. The first kappa shape index (κ1) is 13.6. The Bertz CT molecular complexity index is 827. The monoisotopic (exact) mass is 345 g/mol. The molecule has 6 heteroatoms. The highest BCUT2D eigenvalue weighted by atomic mass is 79.9. The lowest BCUT2D eigenvalue weighted by Gasteiger charge is -1.99. The summed E-state index contributed by atoms with van der Waals surface area (Å²) in [4.78, 5) is 2.87. The van der Waals surface area contributed by atoms with Gasteiger partial charge in [0.15, 0.2) is 5.69 Å². The van der Waals surface area contributed by atoms with Crippen LogP contribution in [0.1, 0.15) is 0 Å². The standard InChI is InChI=1S/C15H12BrN3O2/c1-21-11-4-2-3-10(8-11)18-19-14-12-7-9(16)5-6-13(12)17-15(14)20/h2-8,17,20H,1H3. The Balaban J connectivity index is 2.02. The fourth-order valence-electron chi connectivity index (χ4n) is 2.02. The molecule has 5 nitrogen and oxygen atoms in total. The summed E-state index contributed by atoms with van der Waals surface area (Å²) in [6.45, 7) is 0. The van der Waals surface area contributed by atoms with Crippen molar-refractivity contribution in [2.75, 3.05) is 7.11 Å². The molecule has 3 aromatic rings. The topological polar surface area (TPSA) is 70.0 Å². The van der Waals surface area contributed by atoms with Gasteiger partial charge in [-0.3, -0.25) is 0 Å². The zero-order chi connectivity index (χ0) is 14.8. The van der Waals surface area contributed by atoms with Crippen molar-refractivity contribution in [1.82, 2.24) is 4.98 Å². The van der Waals surface area contributed by atoms with Crippen molar-refractivity contribution in [3.05, 3.63) is 46.9 Å². The molecular weight excluding hydrogens is 334 g/mol. The van der Waals surface area contributed by atoms with Gasteiger partial charge in [-0.25, -0.2) is 0 Å². The second-order valence-electron chi connectivity index (χ2n) is 4.41. The van der Waals surface area contributed by atoms with Crippen LogP contribution in [0.2, 0.25) is 0 Å². The molecule has 0 atom stereocenters. The summed E-state index contributed by atoms with van der Waals surface area (Å²) in [5.74, 6) is 0.701. The number of methoxy groups -OCH3 is 1. The van der Waals surface area contributed by atoms with E-state index < -0.39 is 0 Å². The molecule has 0 aliphatic rings. The Morgan fingerprint density at radius 2 is 2.00 bits per heavy atom. The van der Waals surface area contributed by atoms with E-state index in [1.165, 1.54) is 0 Å². The number of nitrogens with one attached hydrogen (secondary N) is 1. The number of azo groups is 1. The van der Waals surface area contributed by atoms with Gasteiger partial charge < -0.3 is 14.8 Å². The minimum Gasteiger partial charge on any atom is -0.497 e.